The van der Waals surface area contributed by atoms with Gasteiger partial charge in [0.2, 0.25) is 5.91 Å². The third kappa shape index (κ3) is 4.47. The monoisotopic (exact) mass is 481 g/mol. The van der Waals surface area contributed by atoms with Crippen molar-refractivity contribution in [2.45, 2.75) is 38.0 Å². The molecule has 1 aliphatic rings. The molecule has 1 fully saturated rings. The highest BCUT2D eigenvalue weighted by atomic mass is 19.1. The first-order valence-corrected chi connectivity index (χ1v) is 12.0. The zero-order chi connectivity index (χ0) is 24.5. The molecular formula is C27H24FN7O. The molecule has 3 aromatic heterocycles. The zero-order valence-electron chi connectivity index (χ0n) is 19.5. The van der Waals surface area contributed by atoms with Crippen LogP contribution in [0.2, 0.25) is 0 Å². The summed E-state index contributed by atoms with van der Waals surface area (Å²) >= 11 is 0. The summed E-state index contributed by atoms with van der Waals surface area (Å²) in [7, 11) is 0. The van der Waals surface area contributed by atoms with E-state index in [4.69, 9.17) is 0 Å². The number of amides is 1. The van der Waals surface area contributed by atoms with Crippen LogP contribution in [0.1, 0.15) is 43.0 Å². The van der Waals surface area contributed by atoms with Crippen molar-refractivity contribution in [2.75, 3.05) is 5.32 Å². The second kappa shape index (κ2) is 9.33. The van der Waals surface area contributed by atoms with Crippen LogP contribution in [0, 0.1) is 5.82 Å². The van der Waals surface area contributed by atoms with Crippen molar-refractivity contribution >= 4 is 22.9 Å². The molecule has 0 bridgehead atoms. The van der Waals surface area contributed by atoms with Crippen molar-refractivity contribution in [3.63, 3.8) is 0 Å². The van der Waals surface area contributed by atoms with Crippen molar-refractivity contribution < 1.29 is 9.18 Å². The number of anilines is 1. The van der Waals surface area contributed by atoms with Crippen LogP contribution < -0.4 is 5.32 Å². The Morgan fingerprint density at radius 1 is 1.03 bits per heavy atom. The largest absolute Gasteiger partial charge is 0.337 e. The molecule has 0 radical (unpaired) electrons. The van der Waals surface area contributed by atoms with Crippen LogP contribution in [-0.4, -0.2) is 35.6 Å². The van der Waals surface area contributed by atoms with Gasteiger partial charge in [0.15, 0.2) is 11.5 Å². The number of aromatic nitrogens is 6. The predicted octanol–water partition coefficient (Wildman–Crippen LogP) is 5.18. The number of nitrogens with one attached hydrogen (secondary N) is 2. The topological polar surface area (TPSA) is 101 Å². The van der Waals surface area contributed by atoms with E-state index in [1.54, 1.807) is 23.0 Å². The summed E-state index contributed by atoms with van der Waals surface area (Å²) in [5.74, 6) is 1.35. The average Bonchev–Trinajstić information content (AvgIpc) is 3.66. The standard InChI is InChI=1S/C27H24FN7O/c28-21-9-11-22(12-10-21)35-15-20(14-31-35)18-7-5-17(6-8-18)13-23(36)32-26-24-27(30-16-29-26)34-25(33-24)19-3-1-2-4-19/h5-12,14-16,19H,1-4,13H2,(H2,29,30,32,33,34,36). The molecule has 0 atom stereocenters. The van der Waals surface area contributed by atoms with Crippen molar-refractivity contribution in [2.24, 2.45) is 0 Å². The molecule has 180 valence electrons. The highest BCUT2D eigenvalue weighted by Crippen LogP contribution is 2.33. The van der Waals surface area contributed by atoms with Gasteiger partial charge >= 0.3 is 0 Å². The van der Waals surface area contributed by atoms with Gasteiger partial charge < -0.3 is 10.3 Å². The minimum absolute atomic E-state index is 0.163. The molecule has 2 N–H and O–H groups in total. The summed E-state index contributed by atoms with van der Waals surface area (Å²) in [6.07, 6.45) is 9.96. The van der Waals surface area contributed by atoms with E-state index in [0.29, 0.717) is 22.9 Å². The number of rotatable bonds is 6. The van der Waals surface area contributed by atoms with Crippen LogP contribution in [0.25, 0.3) is 28.0 Å². The first kappa shape index (κ1) is 22.1. The van der Waals surface area contributed by atoms with Crippen molar-refractivity contribution in [3.05, 3.63) is 84.5 Å². The highest BCUT2D eigenvalue weighted by Gasteiger charge is 2.22. The molecule has 8 nitrogen and oxygen atoms in total. The molecule has 9 heteroatoms. The molecule has 0 unspecified atom stereocenters. The molecule has 0 aliphatic heterocycles. The number of fused-ring (bicyclic) bond motifs is 1. The lowest BCUT2D eigenvalue weighted by atomic mass is 10.1. The van der Waals surface area contributed by atoms with Gasteiger partial charge in [-0.05, 0) is 48.2 Å². The van der Waals surface area contributed by atoms with Crippen molar-refractivity contribution in [1.82, 2.24) is 29.7 Å². The molecule has 1 amide bonds. The van der Waals surface area contributed by atoms with E-state index in [-0.39, 0.29) is 18.1 Å². The molecule has 0 saturated heterocycles. The molecule has 6 rings (SSSR count). The number of benzene rings is 2. The van der Waals surface area contributed by atoms with E-state index in [1.807, 2.05) is 30.5 Å². The first-order chi connectivity index (χ1) is 17.6. The zero-order valence-corrected chi connectivity index (χ0v) is 19.5. The molecule has 1 saturated carbocycles. The Balaban J connectivity index is 1.13. The van der Waals surface area contributed by atoms with Crippen molar-refractivity contribution in [3.8, 4) is 16.8 Å². The third-order valence-electron chi connectivity index (χ3n) is 6.63. The maximum absolute atomic E-state index is 13.2. The van der Waals surface area contributed by atoms with Gasteiger partial charge in [-0.1, -0.05) is 37.1 Å². The van der Waals surface area contributed by atoms with Gasteiger partial charge in [0.25, 0.3) is 0 Å². The Kier molecular flexibility index (Phi) is 5.73. The summed E-state index contributed by atoms with van der Waals surface area (Å²) in [5, 5.41) is 7.28. The van der Waals surface area contributed by atoms with Crippen LogP contribution in [0.5, 0.6) is 0 Å². The van der Waals surface area contributed by atoms with Gasteiger partial charge in [-0.3, -0.25) is 4.79 Å². The van der Waals surface area contributed by atoms with E-state index in [1.165, 1.54) is 31.3 Å². The molecule has 2 aromatic carbocycles. The van der Waals surface area contributed by atoms with Gasteiger partial charge in [0, 0.05) is 17.7 Å². The van der Waals surface area contributed by atoms with Crippen LogP contribution in [-0.2, 0) is 11.2 Å². The lowest BCUT2D eigenvalue weighted by molar-refractivity contribution is -0.115. The number of nitrogens with zero attached hydrogens (tertiary/aromatic N) is 5. The van der Waals surface area contributed by atoms with Gasteiger partial charge in [-0.15, -0.1) is 0 Å². The second-order valence-corrected chi connectivity index (χ2v) is 9.10. The van der Waals surface area contributed by atoms with Gasteiger partial charge in [-0.2, -0.15) is 5.10 Å². The van der Waals surface area contributed by atoms with Gasteiger partial charge in [0.05, 0.1) is 18.3 Å². The summed E-state index contributed by atoms with van der Waals surface area (Å²) in [6, 6.07) is 13.9. The van der Waals surface area contributed by atoms with Crippen LogP contribution in [0.3, 0.4) is 0 Å². The van der Waals surface area contributed by atoms with E-state index < -0.39 is 0 Å². The fraction of sp³-hybridized carbons (Fsp3) is 0.222. The van der Waals surface area contributed by atoms with Crippen molar-refractivity contribution in [1.29, 1.82) is 0 Å². The Hall–Kier alpha value is -4.40. The number of aromatic amines is 1. The third-order valence-corrected chi connectivity index (χ3v) is 6.63. The Bertz CT molecular complexity index is 1520. The lowest BCUT2D eigenvalue weighted by Gasteiger charge is -2.06. The number of halogens is 1. The van der Waals surface area contributed by atoms with Crippen LogP contribution in [0.15, 0.2) is 67.3 Å². The summed E-state index contributed by atoms with van der Waals surface area (Å²) in [4.78, 5) is 29.3. The van der Waals surface area contributed by atoms with Crippen LogP contribution in [0.4, 0.5) is 10.2 Å². The van der Waals surface area contributed by atoms with E-state index in [9.17, 15) is 9.18 Å². The minimum atomic E-state index is -0.284. The molecule has 5 aromatic rings. The number of hydrogen-bond acceptors (Lipinski definition) is 5. The molecule has 1 aliphatic carbocycles. The number of carbonyl (C=O) groups excluding carboxylic acids is 1. The Morgan fingerprint density at radius 3 is 2.58 bits per heavy atom. The van der Waals surface area contributed by atoms with E-state index in [2.05, 4.69) is 30.4 Å². The minimum Gasteiger partial charge on any atom is -0.337 e. The second-order valence-electron chi connectivity index (χ2n) is 9.10. The van der Waals surface area contributed by atoms with Gasteiger partial charge in [-0.25, -0.2) is 24.0 Å². The first-order valence-electron chi connectivity index (χ1n) is 12.0. The average molecular weight is 482 g/mol. The summed E-state index contributed by atoms with van der Waals surface area (Å²) in [5.41, 5.74) is 4.80. The highest BCUT2D eigenvalue weighted by molar-refractivity contribution is 5.97. The molecule has 3 heterocycles. The predicted molar refractivity (Wildman–Crippen MR) is 134 cm³/mol. The molecule has 36 heavy (non-hydrogen) atoms. The summed E-state index contributed by atoms with van der Waals surface area (Å²) in [6.45, 7) is 0. The number of carbonyl (C=O) groups is 1. The lowest BCUT2D eigenvalue weighted by Crippen LogP contribution is -2.15. The Morgan fingerprint density at radius 2 is 1.81 bits per heavy atom. The van der Waals surface area contributed by atoms with Gasteiger partial charge in [0.1, 0.15) is 23.5 Å². The molecular weight excluding hydrogens is 457 g/mol. The van der Waals surface area contributed by atoms with E-state index in [0.717, 1.165) is 41.0 Å². The fourth-order valence-electron chi connectivity index (χ4n) is 4.72. The van der Waals surface area contributed by atoms with Crippen LogP contribution >= 0.6 is 0 Å². The van der Waals surface area contributed by atoms with E-state index >= 15 is 0 Å². The number of imidazole rings is 1. The number of hydrogen-bond donors (Lipinski definition) is 2. The maximum Gasteiger partial charge on any atom is 0.230 e. The Labute approximate surface area is 206 Å². The SMILES string of the molecule is O=C(Cc1ccc(-c2cnn(-c3ccc(F)cc3)c2)cc1)Nc1ncnc2nc(C3CCCC3)[nH]c12. The number of H-pyrrole nitrogens is 1. The molecule has 0 spiro atoms. The fourth-order valence-corrected chi connectivity index (χ4v) is 4.72. The quantitative estimate of drug-likeness (QED) is 0.348. The normalized spacial score (nSPS) is 13.9. The maximum atomic E-state index is 13.2. The smallest absolute Gasteiger partial charge is 0.230 e. The summed E-state index contributed by atoms with van der Waals surface area (Å²) < 4.78 is 14.9.